The van der Waals surface area contributed by atoms with E-state index >= 15 is 0 Å². The van der Waals surface area contributed by atoms with Gasteiger partial charge < -0.3 is 14.2 Å². The summed E-state index contributed by atoms with van der Waals surface area (Å²) in [6, 6.07) is 0. The molecule has 0 aromatic heterocycles. The van der Waals surface area contributed by atoms with Gasteiger partial charge in [0, 0.05) is 19.3 Å². The van der Waals surface area contributed by atoms with Crippen LogP contribution in [0.2, 0.25) is 0 Å². The molecule has 0 radical (unpaired) electrons. The molecule has 71 heavy (non-hydrogen) atoms. The molecule has 0 rings (SSSR count). The minimum atomic E-state index is -0.761. The first kappa shape index (κ1) is 69.4. The minimum Gasteiger partial charge on any atom is -0.462 e. The van der Waals surface area contributed by atoms with Crippen molar-refractivity contribution in [1.82, 2.24) is 0 Å². The van der Waals surface area contributed by atoms with Crippen LogP contribution in [-0.4, -0.2) is 37.2 Å². The van der Waals surface area contributed by atoms with E-state index in [0.29, 0.717) is 19.3 Å². The fourth-order valence-corrected chi connectivity index (χ4v) is 10.2. The van der Waals surface area contributed by atoms with E-state index in [0.717, 1.165) is 57.8 Å². The fraction of sp³-hybridized carbons (Fsp3) is 0.954. The number of carbonyl (C=O) groups is 3. The Bertz CT molecular complexity index is 1060. The van der Waals surface area contributed by atoms with Crippen molar-refractivity contribution in [3.05, 3.63) is 0 Å². The molecule has 0 aromatic rings. The second-order valence-corrected chi connectivity index (χ2v) is 22.4. The molecule has 0 saturated heterocycles. The number of hydrogen-bond acceptors (Lipinski definition) is 6. The molecule has 0 aliphatic carbocycles. The van der Waals surface area contributed by atoms with Gasteiger partial charge in [0.25, 0.3) is 0 Å². The summed E-state index contributed by atoms with van der Waals surface area (Å²) in [6.45, 7) is 6.70. The average Bonchev–Trinajstić information content (AvgIpc) is 3.37. The quantitative estimate of drug-likeness (QED) is 0.0343. The SMILES string of the molecule is CCCCCCCCCCCCCCCCCCCCCCCCCCC(=O)OCC(COC(=O)CCCCCCCCCC)OC(=O)CCCCCCCCCCCCCCCCCCCCCCC. The molecule has 1 unspecified atom stereocenters. The first-order valence-corrected chi connectivity index (χ1v) is 32.5. The molecule has 422 valence electrons. The Balaban J connectivity index is 4.08. The Morgan fingerprint density at radius 1 is 0.225 bits per heavy atom. The molecular formula is C65H126O6. The zero-order chi connectivity index (χ0) is 51.4. The molecule has 0 spiro atoms. The Morgan fingerprint density at radius 2 is 0.380 bits per heavy atom. The van der Waals surface area contributed by atoms with E-state index in [9.17, 15) is 14.4 Å². The number of ether oxygens (including phenoxy) is 3. The zero-order valence-electron chi connectivity index (χ0n) is 48.5. The molecule has 0 aliphatic heterocycles. The third-order valence-corrected chi connectivity index (χ3v) is 15.1. The van der Waals surface area contributed by atoms with Crippen LogP contribution in [0.25, 0.3) is 0 Å². The summed E-state index contributed by atoms with van der Waals surface area (Å²) in [4.78, 5) is 38.1. The predicted octanol–water partition coefficient (Wildman–Crippen LogP) is 21.9. The second-order valence-electron chi connectivity index (χ2n) is 22.4. The van der Waals surface area contributed by atoms with E-state index < -0.39 is 6.10 Å². The van der Waals surface area contributed by atoms with Gasteiger partial charge in [-0.1, -0.05) is 342 Å². The van der Waals surface area contributed by atoms with E-state index in [-0.39, 0.29) is 31.1 Å². The number of carbonyl (C=O) groups excluding carboxylic acids is 3. The van der Waals surface area contributed by atoms with Crippen molar-refractivity contribution in [2.75, 3.05) is 13.2 Å². The lowest BCUT2D eigenvalue weighted by Crippen LogP contribution is -2.30. The smallest absolute Gasteiger partial charge is 0.306 e. The third kappa shape index (κ3) is 59.2. The Morgan fingerprint density at radius 3 is 0.563 bits per heavy atom. The van der Waals surface area contributed by atoms with Crippen LogP contribution < -0.4 is 0 Å². The maximum absolute atomic E-state index is 12.9. The number of hydrogen-bond donors (Lipinski definition) is 0. The van der Waals surface area contributed by atoms with Crippen LogP contribution >= 0.6 is 0 Å². The second kappa shape index (κ2) is 61.0. The van der Waals surface area contributed by atoms with Crippen LogP contribution in [0.1, 0.15) is 380 Å². The van der Waals surface area contributed by atoms with E-state index in [2.05, 4.69) is 20.8 Å². The van der Waals surface area contributed by atoms with E-state index in [1.165, 1.54) is 283 Å². The summed E-state index contributed by atoms with van der Waals surface area (Å²) in [5.74, 6) is -0.833. The molecule has 0 fully saturated rings. The van der Waals surface area contributed by atoms with Gasteiger partial charge in [0.05, 0.1) is 0 Å². The van der Waals surface area contributed by atoms with Gasteiger partial charge in [0.15, 0.2) is 6.10 Å². The van der Waals surface area contributed by atoms with E-state index in [1.807, 2.05) is 0 Å². The number of esters is 3. The summed E-state index contributed by atoms with van der Waals surface area (Å²) in [5, 5.41) is 0. The summed E-state index contributed by atoms with van der Waals surface area (Å²) in [5.41, 5.74) is 0. The highest BCUT2D eigenvalue weighted by Crippen LogP contribution is 2.19. The zero-order valence-corrected chi connectivity index (χ0v) is 48.5. The molecule has 0 amide bonds. The molecule has 0 N–H and O–H groups in total. The third-order valence-electron chi connectivity index (χ3n) is 15.1. The van der Waals surface area contributed by atoms with Crippen LogP contribution in [0, 0.1) is 0 Å². The first-order valence-electron chi connectivity index (χ1n) is 32.5. The highest BCUT2D eigenvalue weighted by Gasteiger charge is 2.19. The number of rotatable bonds is 61. The first-order chi connectivity index (χ1) is 35.0. The van der Waals surface area contributed by atoms with Gasteiger partial charge in [-0.15, -0.1) is 0 Å². The van der Waals surface area contributed by atoms with Gasteiger partial charge in [-0.05, 0) is 19.3 Å². The molecule has 0 heterocycles. The standard InChI is InChI=1S/C65H126O6/c1-4-7-10-13-16-19-21-23-25-27-29-31-32-33-35-36-38-40-42-44-46-49-52-55-58-64(67)70-61-62(60-69-63(66)57-54-51-48-18-15-12-9-6-3)71-65(68)59-56-53-50-47-45-43-41-39-37-34-30-28-26-24-22-20-17-14-11-8-5-2/h62H,4-61H2,1-3H3. The van der Waals surface area contributed by atoms with Crippen molar-refractivity contribution in [3.8, 4) is 0 Å². The van der Waals surface area contributed by atoms with Crippen LogP contribution in [-0.2, 0) is 28.6 Å². The average molecular weight is 1000 g/mol. The van der Waals surface area contributed by atoms with Crippen LogP contribution in [0.3, 0.4) is 0 Å². The molecular weight excluding hydrogens is 877 g/mol. The normalized spacial score (nSPS) is 11.9. The monoisotopic (exact) mass is 1000 g/mol. The maximum Gasteiger partial charge on any atom is 0.306 e. The van der Waals surface area contributed by atoms with Crippen molar-refractivity contribution in [2.24, 2.45) is 0 Å². The van der Waals surface area contributed by atoms with E-state index in [4.69, 9.17) is 14.2 Å². The molecule has 0 aromatic carbocycles. The summed E-state index contributed by atoms with van der Waals surface area (Å²) < 4.78 is 16.9. The van der Waals surface area contributed by atoms with Crippen molar-refractivity contribution < 1.29 is 28.6 Å². The molecule has 6 heteroatoms. The predicted molar refractivity (Wildman–Crippen MR) is 307 cm³/mol. The summed E-state index contributed by atoms with van der Waals surface area (Å²) in [6.07, 6.45) is 70.0. The molecule has 6 nitrogen and oxygen atoms in total. The van der Waals surface area contributed by atoms with Crippen molar-refractivity contribution >= 4 is 17.9 Å². The lowest BCUT2D eigenvalue weighted by molar-refractivity contribution is -0.167. The lowest BCUT2D eigenvalue weighted by atomic mass is 10.0. The topological polar surface area (TPSA) is 78.9 Å². The Kier molecular flexibility index (Phi) is 59.6. The summed E-state index contributed by atoms with van der Waals surface area (Å²) >= 11 is 0. The van der Waals surface area contributed by atoms with E-state index in [1.54, 1.807) is 0 Å². The van der Waals surface area contributed by atoms with Crippen LogP contribution in [0.4, 0.5) is 0 Å². The Labute approximate surface area is 444 Å². The van der Waals surface area contributed by atoms with Gasteiger partial charge in [0.2, 0.25) is 0 Å². The van der Waals surface area contributed by atoms with Gasteiger partial charge in [0.1, 0.15) is 13.2 Å². The van der Waals surface area contributed by atoms with Gasteiger partial charge in [-0.3, -0.25) is 14.4 Å². The molecule has 0 saturated carbocycles. The highest BCUT2D eigenvalue weighted by atomic mass is 16.6. The maximum atomic E-state index is 12.9. The van der Waals surface area contributed by atoms with Crippen molar-refractivity contribution in [3.63, 3.8) is 0 Å². The fourth-order valence-electron chi connectivity index (χ4n) is 10.2. The largest absolute Gasteiger partial charge is 0.462 e. The lowest BCUT2D eigenvalue weighted by Gasteiger charge is -2.18. The highest BCUT2D eigenvalue weighted by molar-refractivity contribution is 5.71. The van der Waals surface area contributed by atoms with Gasteiger partial charge in [-0.2, -0.15) is 0 Å². The van der Waals surface area contributed by atoms with Gasteiger partial charge in [-0.25, -0.2) is 0 Å². The van der Waals surface area contributed by atoms with Crippen LogP contribution in [0.5, 0.6) is 0 Å². The Hall–Kier alpha value is -1.59. The molecule has 0 bridgehead atoms. The number of unbranched alkanes of at least 4 members (excludes halogenated alkanes) is 50. The van der Waals surface area contributed by atoms with Crippen molar-refractivity contribution in [1.29, 1.82) is 0 Å². The molecule has 1 atom stereocenters. The van der Waals surface area contributed by atoms with Crippen LogP contribution in [0.15, 0.2) is 0 Å². The summed E-state index contributed by atoms with van der Waals surface area (Å²) in [7, 11) is 0. The van der Waals surface area contributed by atoms with Gasteiger partial charge >= 0.3 is 17.9 Å². The van der Waals surface area contributed by atoms with Crippen molar-refractivity contribution in [2.45, 2.75) is 386 Å². The minimum absolute atomic E-state index is 0.0612. The molecule has 0 aliphatic rings.